The zero-order chi connectivity index (χ0) is 9.84. The van der Waals surface area contributed by atoms with Crippen LogP contribution in [0.15, 0.2) is 17.1 Å². The number of hydrogen-bond donors (Lipinski definition) is 1. The second-order valence-corrected chi connectivity index (χ2v) is 2.39. The van der Waals surface area contributed by atoms with Gasteiger partial charge in [0.25, 0.3) is 0 Å². The third-order valence-corrected chi connectivity index (χ3v) is 1.57. The van der Waals surface area contributed by atoms with Crippen molar-refractivity contribution in [2.24, 2.45) is 0 Å². The summed E-state index contributed by atoms with van der Waals surface area (Å²) < 4.78 is 18.0. The highest BCUT2D eigenvalue weighted by atomic mass is 19.1. The minimum atomic E-state index is -0.930. The molecule has 0 aromatic carbocycles. The van der Waals surface area contributed by atoms with Crippen molar-refractivity contribution in [1.29, 1.82) is 0 Å². The topological polar surface area (TPSA) is 70.1 Å². The number of nitrogens with zero attached hydrogens (tertiary/aromatic N) is 2. The number of halogens is 1. The van der Waals surface area contributed by atoms with Crippen LogP contribution in [0.2, 0.25) is 0 Å². The molecule has 2 N–H and O–H groups in total. The Morgan fingerprint density at radius 1 is 1.85 bits per heavy atom. The van der Waals surface area contributed by atoms with Crippen LogP contribution < -0.4 is 11.4 Å². The highest BCUT2D eigenvalue weighted by Crippen LogP contribution is 2.04. The lowest BCUT2D eigenvalue weighted by Crippen LogP contribution is -2.29. The second kappa shape index (κ2) is 3.99. The molecule has 1 aromatic rings. The molecule has 0 unspecified atom stereocenters. The summed E-state index contributed by atoms with van der Waals surface area (Å²) in [6.07, 6.45) is 0.416. The summed E-state index contributed by atoms with van der Waals surface area (Å²) in [4.78, 5) is 14.6. The first-order valence-corrected chi connectivity index (χ1v) is 3.62. The largest absolute Gasteiger partial charge is 0.383 e. The van der Waals surface area contributed by atoms with E-state index < -0.39 is 18.6 Å². The number of aromatic nitrogens is 2. The first-order valence-electron chi connectivity index (χ1n) is 3.62. The lowest BCUT2D eigenvalue weighted by Gasteiger charge is -2.13. The summed E-state index contributed by atoms with van der Waals surface area (Å²) in [5, 5.41) is 0. The zero-order valence-corrected chi connectivity index (χ0v) is 7.11. The molecule has 1 heterocycles. The maximum Gasteiger partial charge on any atom is 0.351 e. The van der Waals surface area contributed by atoms with E-state index in [1.165, 1.54) is 19.4 Å². The van der Waals surface area contributed by atoms with Crippen LogP contribution in [0.3, 0.4) is 0 Å². The highest BCUT2D eigenvalue weighted by Gasteiger charge is 2.10. The van der Waals surface area contributed by atoms with Crippen molar-refractivity contribution in [2.75, 3.05) is 19.5 Å². The number of methoxy groups -OCH3 is 1. The number of anilines is 1. The predicted octanol–water partition coefficient (Wildman–Crippen LogP) is -0.0600. The first kappa shape index (κ1) is 9.66. The molecule has 72 valence electrons. The van der Waals surface area contributed by atoms with E-state index in [0.29, 0.717) is 0 Å². The molecule has 1 rings (SSSR count). The average molecular weight is 187 g/mol. The fraction of sp³-hybridized carbons (Fsp3) is 0.429. The Balaban J connectivity index is 3.07. The fourth-order valence-corrected chi connectivity index (χ4v) is 0.896. The Bertz CT molecular complexity index is 335. The van der Waals surface area contributed by atoms with Crippen molar-refractivity contribution in [3.05, 3.63) is 22.7 Å². The molecule has 0 aliphatic rings. The third-order valence-electron chi connectivity index (χ3n) is 1.57. The van der Waals surface area contributed by atoms with Crippen molar-refractivity contribution in [3.63, 3.8) is 0 Å². The molecule has 1 aromatic heterocycles. The third kappa shape index (κ3) is 2.03. The minimum absolute atomic E-state index is 0.106. The number of ether oxygens (including phenoxy) is 1. The Morgan fingerprint density at radius 3 is 3.00 bits per heavy atom. The molecule has 0 bridgehead atoms. The van der Waals surface area contributed by atoms with E-state index in [0.717, 1.165) is 4.57 Å². The number of alkyl halides is 1. The molecule has 0 amide bonds. The van der Waals surface area contributed by atoms with Gasteiger partial charge in [-0.1, -0.05) is 0 Å². The quantitative estimate of drug-likeness (QED) is 0.719. The van der Waals surface area contributed by atoms with Gasteiger partial charge in [-0.05, 0) is 6.07 Å². The first-order chi connectivity index (χ1) is 6.19. The van der Waals surface area contributed by atoms with Crippen molar-refractivity contribution in [2.45, 2.75) is 6.23 Å². The van der Waals surface area contributed by atoms with Gasteiger partial charge in [0, 0.05) is 13.3 Å². The van der Waals surface area contributed by atoms with Crippen LogP contribution in [0.25, 0.3) is 0 Å². The Labute approximate surface area is 74.0 Å². The van der Waals surface area contributed by atoms with E-state index >= 15 is 0 Å². The molecule has 0 radical (unpaired) electrons. The van der Waals surface area contributed by atoms with Gasteiger partial charge in [0.2, 0.25) is 0 Å². The van der Waals surface area contributed by atoms with E-state index in [-0.39, 0.29) is 5.82 Å². The Kier molecular flexibility index (Phi) is 2.97. The maximum atomic E-state index is 12.3. The van der Waals surface area contributed by atoms with E-state index in [1.807, 2.05) is 0 Å². The van der Waals surface area contributed by atoms with Crippen LogP contribution in [0, 0.1) is 0 Å². The molecule has 1 atom stereocenters. The molecular weight excluding hydrogens is 177 g/mol. The van der Waals surface area contributed by atoms with E-state index in [1.54, 1.807) is 0 Å². The number of hydrogen-bond acceptors (Lipinski definition) is 4. The maximum absolute atomic E-state index is 12.3. The number of nitrogens with two attached hydrogens (primary N) is 1. The van der Waals surface area contributed by atoms with Crippen LogP contribution in [-0.4, -0.2) is 23.3 Å². The molecule has 13 heavy (non-hydrogen) atoms. The summed E-state index contributed by atoms with van der Waals surface area (Å²) in [5.74, 6) is 0.106. The van der Waals surface area contributed by atoms with Gasteiger partial charge in [0.15, 0.2) is 6.23 Å². The Morgan fingerprint density at radius 2 is 2.54 bits per heavy atom. The van der Waals surface area contributed by atoms with Gasteiger partial charge in [-0.3, -0.25) is 4.57 Å². The van der Waals surface area contributed by atoms with Crippen LogP contribution >= 0.6 is 0 Å². The monoisotopic (exact) mass is 187 g/mol. The molecule has 0 saturated heterocycles. The SMILES string of the molecule is CO[C@H](CF)n1ccc(N)nc1=O. The van der Waals surface area contributed by atoms with Gasteiger partial charge in [-0.15, -0.1) is 0 Å². The molecule has 6 heteroatoms. The summed E-state index contributed by atoms with van der Waals surface area (Å²) in [6, 6.07) is 1.41. The van der Waals surface area contributed by atoms with Gasteiger partial charge >= 0.3 is 5.69 Å². The zero-order valence-electron chi connectivity index (χ0n) is 7.11. The van der Waals surface area contributed by atoms with Crippen molar-refractivity contribution in [1.82, 2.24) is 9.55 Å². The Hall–Kier alpha value is -1.43. The highest BCUT2D eigenvalue weighted by molar-refractivity contribution is 5.23. The molecule has 0 saturated carbocycles. The van der Waals surface area contributed by atoms with Gasteiger partial charge < -0.3 is 10.5 Å². The molecule has 0 fully saturated rings. The van der Waals surface area contributed by atoms with Gasteiger partial charge in [-0.25, -0.2) is 9.18 Å². The summed E-state index contributed by atoms with van der Waals surface area (Å²) >= 11 is 0. The number of rotatable bonds is 3. The van der Waals surface area contributed by atoms with E-state index in [4.69, 9.17) is 10.5 Å². The molecule has 0 aliphatic heterocycles. The predicted molar refractivity (Wildman–Crippen MR) is 44.9 cm³/mol. The molecule has 5 nitrogen and oxygen atoms in total. The summed E-state index contributed by atoms with van der Waals surface area (Å²) in [6.45, 7) is -0.790. The standard InChI is InChI=1S/C7H10FN3O2/c1-13-6(4-8)11-3-2-5(9)10-7(11)12/h2-3,6H,4H2,1H3,(H2,9,10,12)/t6-/m1/s1. The van der Waals surface area contributed by atoms with E-state index in [2.05, 4.69) is 4.98 Å². The minimum Gasteiger partial charge on any atom is -0.383 e. The van der Waals surface area contributed by atoms with Crippen LogP contribution in [0.1, 0.15) is 6.23 Å². The van der Waals surface area contributed by atoms with E-state index in [9.17, 15) is 9.18 Å². The number of nitrogen functional groups attached to an aromatic ring is 1. The van der Waals surface area contributed by atoms with Crippen LogP contribution in [0.4, 0.5) is 10.2 Å². The lowest BCUT2D eigenvalue weighted by atomic mass is 10.5. The van der Waals surface area contributed by atoms with Gasteiger partial charge in [-0.2, -0.15) is 4.98 Å². The van der Waals surface area contributed by atoms with Crippen molar-refractivity contribution < 1.29 is 9.13 Å². The van der Waals surface area contributed by atoms with Crippen LogP contribution in [0.5, 0.6) is 0 Å². The van der Waals surface area contributed by atoms with Gasteiger partial charge in [0.05, 0.1) is 0 Å². The van der Waals surface area contributed by atoms with Crippen LogP contribution in [-0.2, 0) is 4.74 Å². The van der Waals surface area contributed by atoms with Gasteiger partial charge in [0.1, 0.15) is 12.5 Å². The molecular formula is C7H10FN3O2. The van der Waals surface area contributed by atoms with Crippen molar-refractivity contribution >= 4 is 5.82 Å². The second-order valence-electron chi connectivity index (χ2n) is 2.39. The average Bonchev–Trinajstić information content (AvgIpc) is 2.10. The smallest absolute Gasteiger partial charge is 0.351 e. The molecule has 0 spiro atoms. The molecule has 0 aliphatic carbocycles. The van der Waals surface area contributed by atoms with Crippen molar-refractivity contribution in [3.8, 4) is 0 Å². The summed E-state index contributed by atoms with van der Waals surface area (Å²) in [5.41, 5.74) is 4.63. The summed E-state index contributed by atoms with van der Waals surface area (Å²) in [7, 11) is 1.31. The lowest BCUT2D eigenvalue weighted by molar-refractivity contribution is 0.0198. The normalized spacial score (nSPS) is 12.8. The fourth-order valence-electron chi connectivity index (χ4n) is 0.896.